The van der Waals surface area contributed by atoms with E-state index in [0.717, 1.165) is 12.5 Å². The largest absolute Gasteiger partial charge is 0.313 e. The summed E-state index contributed by atoms with van der Waals surface area (Å²) in [6.07, 6.45) is 2.51. The molecular formula is C13H30N2. The fourth-order valence-electron chi connectivity index (χ4n) is 1.84. The Morgan fingerprint density at radius 1 is 1.00 bits per heavy atom. The monoisotopic (exact) mass is 214 g/mol. The molecule has 0 rings (SSSR count). The quantitative estimate of drug-likeness (QED) is 0.635. The number of hydrogen-bond acceptors (Lipinski definition) is 2. The maximum atomic E-state index is 3.55. The fourth-order valence-corrected chi connectivity index (χ4v) is 1.84. The molecule has 2 atom stereocenters. The van der Waals surface area contributed by atoms with Crippen molar-refractivity contribution in [1.29, 1.82) is 0 Å². The van der Waals surface area contributed by atoms with Crippen LogP contribution in [0.2, 0.25) is 0 Å². The van der Waals surface area contributed by atoms with Crippen LogP contribution in [-0.4, -0.2) is 37.1 Å². The van der Waals surface area contributed by atoms with E-state index in [9.17, 15) is 0 Å². The van der Waals surface area contributed by atoms with E-state index in [1.54, 1.807) is 0 Å². The first-order valence-electron chi connectivity index (χ1n) is 6.63. The van der Waals surface area contributed by atoms with Crippen LogP contribution in [0.1, 0.15) is 47.5 Å². The van der Waals surface area contributed by atoms with E-state index in [1.807, 2.05) is 0 Å². The maximum absolute atomic E-state index is 3.55. The van der Waals surface area contributed by atoms with Crippen LogP contribution in [0, 0.1) is 5.92 Å². The summed E-state index contributed by atoms with van der Waals surface area (Å²) >= 11 is 0. The third-order valence-electron chi connectivity index (χ3n) is 3.18. The van der Waals surface area contributed by atoms with Gasteiger partial charge in [-0.05, 0) is 25.4 Å². The molecule has 0 aromatic heterocycles. The van der Waals surface area contributed by atoms with Crippen molar-refractivity contribution in [3.8, 4) is 0 Å². The Morgan fingerprint density at radius 3 is 2.07 bits per heavy atom. The molecule has 0 saturated carbocycles. The highest BCUT2D eigenvalue weighted by molar-refractivity contribution is 4.71. The lowest BCUT2D eigenvalue weighted by molar-refractivity contribution is 0.218. The molecule has 92 valence electrons. The third kappa shape index (κ3) is 6.91. The Bertz CT molecular complexity index is 136. The minimum Gasteiger partial charge on any atom is -0.313 e. The highest BCUT2D eigenvalue weighted by Gasteiger charge is 2.12. The Hall–Kier alpha value is -0.0800. The SMILES string of the molecule is CCNC(CC)CN(CC)CC(C)CC. The lowest BCUT2D eigenvalue weighted by Crippen LogP contribution is -2.42. The summed E-state index contributed by atoms with van der Waals surface area (Å²) in [4.78, 5) is 2.57. The zero-order chi connectivity index (χ0) is 11.7. The van der Waals surface area contributed by atoms with Gasteiger partial charge in [-0.2, -0.15) is 0 Å². The van der Waals surface area contributed by atoms with Gasteiger partial charge >= 0.3 is 0 Å². The van der Waals surface area contributed by atoms with Crippen molar-refractivity contribution in [3.63, 3.8) is 0 Å². The standard InChI is InChI=1S/C13H30N2/c1-6-12(5)10-15(9-4)11-13(7-2)14-8-3/h12-14H,6-11H2,1-5H3. The van der Waals surface area contributed by atoms with Crippen LogP contribution in [0.5, 0.6) is 0 Å². The Labute approximate surface area is 96.4 Å². The average molecular weight is 214 g/mol. The van der Waals surface area contributed by atoms with E-state index in [-0.39, 0.29) is 0 Å². The zero-order valence-corrected chi connectivity index (χ0v) is 11.3. The number of likely N-dealkylation sites (N-methyl/N-ethyl adjacent to an activating group) is 2. The Morgan fingerprint density at radius 2 is 1.67 bits per heavy atom. The van der Waals surface area contributed by atoms with E-state index in [1.165, 1.54) is 32.5 Å². The molecule has 0 aliphatic heterocycles. The van der Waals surface area contributed by atoms with Crippen molar-refractivity contribution < 1.29 is 0 Å². The van der Waals surface area contributed by atoms with Crippen molar-refractivity contribution in [2.45, 2.75) is 53.5 Å². The molecular weight excluding hydrogens is 184 g/mol. The summed E-state index contributed by atoms with van der Waals surface area (Å²) in [5, 5.41) is 3.55. The molecule has 2 unspecified atom stereocenters. The molecule has 0 amide bonds. The highest BCUT2D eigenvalue weighted by atomic mass is 15.1. The van der Waals surface area contributed by atoms with Crippen molar-refractivity contribution in [1.82, 2.24) is 10.2 Å². The van der Waals surface area contributed by atoms with E-state index in [4.69, 9.17) is 0 Å². The van der Waals surface area contributed by atoms with Gasteiger partial charge in [0.25, 0.3) is 0 Å². The van der Waals surface area contributed by atoms with Crippen LogP contribution >= 0.6 is 0 Å². The molecule has 2 nitrogen and oxygen atoms in total. The number of nitrogens with zero attached hydrogens (tertiary/aromatic N) is 1. The van der Waals surface area contributed by atoms with E-state index < -0.39 is 0 Å². The molecule has 0 aliphatic rings. The maximum Gasteiger partial charge on any atom is 0.0192 e. The molecule has 0 aromatic rings. The summed E-state index contributed by atoms with van der Waals surface area (Å²) in [6.45, 7) is 16.0. The predicted molar refractivity (Wildman–Crippen MR) is 69.3 cm³/mol. The first-order valence-corrected chi connectivity index (χ1v) is 6.63. The molecule has 1 N–H and O–H groups in total. The molecule has 15 heavy (non-hydrogen) atoms. The van der Waals surface area contributed by atoms with Crippen LogP contribution in [0.25, 0.3) is 0 Å². The second-order valence-corrected chi connectivity index (χ2v) is 4.53. The highest BCUT2D eigenvalue weighted by Crippen LogP contribution is 2.05. The number of rotatable bonds is 9. The molecule has 0 saturated heterocycles. The van der Waals surface area contributed by atoms with Gasteiger partial charge in [-0.15, -0.1) is 0 Å². The third-order valence-corrected chi connectivity index (χ3v) is 3.18. The summed E-state index contributed by atoms with van der Waals surface area (Å²) in [5.74, 6) is 0.823. The number of hydrogen-bond donors (Lipinski definition) is 1. The first-order chi connectivity index (χ1) is 7.17. The molecule has 0 bridgehead atoms. The van der Waals surface area contributed by atoms with Gasteiger partial charge in [0.15, 0.2) is 0 Å². The van der Waals surface area contributed by atoms with E-state index in [2.05, 4.69) is 44.8 Å². The average Bonchev–Trinajstić information content (AvgIpc) is 2.26. The van der Waals surface area contributed by atoms with Gasteiger partial charge in [0, 0.05) is 19.1 Å². The molecule has 0 aliphatic carbocycles. The second-order valence-electron chi connectivity index (χ2n) is 4.53. The van der Waals surface area contributed by atoms with Crippen LogP contribution < -0.4 is 5.32 Å². The molecule has 0 heterocycles. The predicted octanol–water partition coefficient (Wildman–Crippen LogP) is 2.74. The van der Waals surface area contributed by atoms with Gasteiger partial charge < -0.3 is 10.2 Å². The van der Waals surface area contributed by atoms with E-state index >= 15 is 0 Å². The van der Waals surface area contributed by atoms with Gasteiger partial charge in [0.2, 0.25) is 0 Å². The minimum atomic E-state index is 0.666. The summed E-state index contributed by atoms with van der Waals surface area (Å²) in [5.41, 5.74) is 0. The topological polar surface area (TPSA) is 15.3 Å². The first kappa shape index (κ1) is 14.9. The number of nitrogens with one attached hydrogen (secondary N) is 1. The van der Waals surface area contributed by atoms with Gasteiger partial charge in [-0.3, -0.25) is 0 Å². The summed E-state index contributed by atoms with van der Waals surface area (Å²) in [7, 11) is 0. The van der Waals surface area contributed by atoms with Crippen molar-refractivity contribution in [2.75, 3.05) is 26.2 Å². The van der Waals surface area contributed by atoms with Gasteiger partial charge in [0.1, 0.15) is 0 Å². The van der Waals surface area contributed by atoms with E-state index in [0.29, 0.717) is 6.04 Å². The molecule has 0 aromatic carbocycles. The fraction of sp³-hybridized carbons (Fsp3) is 1.00. The lowest BCUT2D eigenvalue weighted by Gasteiger charge is -2.28. The lowest BCUT2D eigenvalue weighted by atomic mass is 10.1. The van der Waals surface area contributed by atoms with Crippen LogP contribution in [0.15, 0.2) is 0 Å². The van der Waals surface area contributed by atoms with Gasteiger partial charge in [0.05, 0.1) is 0 Å². The van der Waals surface area contributed by atoms with Gasteiger partial charge in [-0.1, -0.05) is 41.0 Å². The Balaban J connectivity index is 3.94. The molecule has 0 fully saturated rings. The smallest absolute Gasteiger partial charge is 0.0192 e. The van der Waals surface area contributed by atoms with Crippen LogP contribution in [-0.2, 0) is 0 Å². The zero-order valence-electron chi connectivity index (χ0n) is 11.3. The normalized spacial score (nSPS) is 15.6. The van der Waals surface area contributed by atoms with Crippen LogP contribution in [0.4, 0.5) is 0 Å². The van der Waals surface area contributed by atoms with Crippen molar-refractivity contribution in [3.05, 3.63) is 0 Å². The van der Waals surface area contributed by atoms with Crippen LogP contribution in [0.3, 0.4) is 0 Å². The molecule has 0 radical (unpaired) electrons. The minimum absolute atomic E-state index is 0.666. The molecule has 2 heteroatoms. The summed E-state index contributed by atoms with van der Waals surface area (Å²) in [6, 6.07) is 0.666. The van der Waals surface area contributed by atoms with Gasteiger partial charge in [-0.25, -0.2) is 0 Å². The van der Waals surface area contributed by atoms with Crippen molar-refractivity contribution >= 4 is 0 Å². The molecule has 0 spiro atoms. The summed E-state index contributed by atoms with van der Waals surface area (Å²) < 4.78 is 0. The Kier molecular flexibility index (Phi) is 9.12. The van der Waals surface area contributed by atoms with Crippen molar-refractivity contribution in [2.24, 2.45) is 5.92 Å². The second kappa shape index (κ2) is 9.17.